The van der Waals surface area contributed by atoms with Crippen molar-refractivity contribution < 1.29 is 17.9 Å². The number of aromatic nitrogens is 2. The zero-order chi connectivity index (χ0) is 14.8. The number of ether oxygens (including phenoxy) is 1. The third kappa shape index (κ3) is 3.70. The lowest BCUT2D eigenvalue weighted by Crippen LogP contribution is -2.33. The minimum Gasteiger partial charge on any atom is -0.378 e. The van der Waals surface area contributed by atoms with Gasteiger partial charge in [0.2, 0.25) is 5.95 Å². The first-order valence-corrected chi connectivity index (χ1v) is 6.19. The molecule has 0 spiro atoms. The summed E-state index contributed by atoms with van der Waals surface area (Å²) in [6.07, 6.45) is -3.07. The average Bonchev–Trinajstić information content (AvgIpc) is 2.37. The highest BCUT2D eigenvalue weighted by atomic mass is 19.4. The van der Waals surface area contributed by atoms with Gasteiger partial charge < -0.3 is 10.1 Å². The fourth-order valence-electron chi connectivity index (χ4n) is 2.07. The minimum absolute atomic E-state index is 0.0142. The maximum Gasteiger partial charge on any atom is 0.433 e. The number of rotatable bonds is 3. The van der Waals surface area contributed by atoms with Crippen molar-refractivity contribution in [1.82, 2.24) is 9.97 Å². The van der Waals surface area contributed by atoms with Crippen LogP contribution in [0, 0.1) is 0 Å². The van der Waals surface area contributed by atoms with Crippen LogP contribution in [0.15, 0.2) is 6.07 Å². The number of nitrogens with zero attached hydrogens (tertiary/aromatic N) is 2. The smallest absolute Gasteiger partial charge is 0.378 e. The van der Waals surface area contributed by atoms with Crippen LogP contribution < -0.4 is 16.6 Å². The van der Waals surface area contributed by atoms with Gasteiger partial charge in [0.1, 0.15) is 5.82 Å². The molecule has 2 rings (SSSR count). The van der Waals surface area contributed by atoms with Gasteiger partial charge in [-0.25, -0.2) is 10.8 Å². The molecule has 112 valence electrons. The second-order valence-corrected chi connectivity index (χ2v) is 4.65. The number of halogens is 3. The van der Waals surface area contributed by atoms with Crippen molar-refractivity contribution in [1.29, 1.82) is 0 Å². The first kappa shape index (κ1) is 14.8. The van der Waals surface area contributed by atoms with Gasteiger partial charge in [0.25, 0.3) is 0 Å². The first-order chi connectivity index (χ1) is 9.38. The van der Waals surface area contributed by atoms with Crippen LogP contribution in [-0.2, 0) is 10.9 Å². The third-order valence-electron chi connectivity index (χ3n) is 2.98. The summed E-state index contributed by atoms with van der Waals surface area (Å²) >= 11 is 0. The van der Waals surface area contributed by atoms with E-state index in [1.807, 2.05) is 12.3 Å². The van der Waals surface area contributed by atoms with Crippen molar-refractivity contribution in [2.45, 2.75) is 38.1 Å². The molecule has 1 fully saturated rings. The van der Waals surface area contributed by atoms with Crippen LogP contribution in [0.25, 0.3) is 0 Å². The Morgan fingerprint density at radius 2 is 2.15 bits per heavy atom. The molecular formula is C11H16F3N5O. The summed E-state index contributed by atoms with van der Waals surface area (Å²) in [5.74, 6) is 4.92. The number of nitrogens with one attached hydrogen (secondary N) is 2. The van der Waals surface area contributed by atoms with Gasteiger partial charge >= 0.3 is 6.18 Å². The van der Waals surface area contributed by atoms with Crippen molar-refractivity contribution in [3.8, 4) is 0 Å². The number of nitrogen functional groups attached to an aromatic ring is 1. The Morgan fingerprint density at radius 1 is 1.40 bits per heavy atom. The lowest BCUT2D eigenvalue weighted by molar-refractivity contribution is -0.141. The molecule has 1 aromatic heterocycles. The van der Waals surface area contributed by atoms with Gasteiger partial charge in [-0.05, 0) is 19.8 Å². The highest BCUT2D eigenvalue weighted by Gasteiger charge is 2.34. The second kappa shape index (κ2) is 5.80. The maximum atomic E-state index is 12.7. The van der Waals surface area contributed by atoms with E-state index in [4.69, 9.17) is 10.6 Å². The molecule has 6 nitrogen and oxygen atoms in total. The van der Waals surface area contributed by atoms with Gasteiger partial charge in [-0.15, -0.1) is 0 Å². The zero-order valence-electron chi connectivity index (χ0n) is 10.9. The van der Waals surface area contributed by atoms with Crippen molar-refractivity contribution >= 4 is 11.8 Å². The van der Waals surface area contributed by atoms with Crippen LogP contribution in [0.3, 0.4) is 0 Å². The van der Waals surface area contributed by atoms with E-state index in [-0.39, 0.29) is 23.9 Å². The van der Waals surface area contributed by atoms with E-state index in [1.54, 1.807) is 0 Å². The molecule has 9 heteroatoms. The number of hydrogen-bond donors (Lipinski definition) is 3. The molecule has 0 radical (unpaired) electrons. The monoisotopic (exact) mass is 291 g/mol. The molecule has 2 heterocycles. The van der Waals surface area contributed by atoms with E-state index in [0.717, 1.165) is 6.07 Å². The molecule has 4 N–H and O–H groups in total. The lowest BCUT2D eigenvalue weighted by Gasteiger charge is -2.28. The number of alkyl halides is 3. The minimum atomic E-state index is -4.55. The zero-order valence-corrected chi connectivity index (χ0v) is 10.9. The molecule has 20 heavy (non-hydrogen) atoms. The van der Waals surface area contributed by atoms with E-state index in [9.17, 15) is 13.2 Å². The number of anilines is 2. The highest BCUT2D eigenvalue weighted by Crippen LogP contribution is 2.30. The van der Waals surface area contributed by atoms with Crippen LogP contribution >= 0.6 is 0 Å². The topological polar surface area (TPSA) is 85.1 Å². The summed E-state index contributed by atoms with van der Waals surface area (Å²) in [6, 6.07) is 0.890. The number of nitrogens with two attached hydrogens (primary N) is 1. The Kier molecular flexibility index (Phi) is 4.29. The predicted octanol–water partition coefficient (Wildman–Crippen LogP) is 1.76. The Hall–Kier alpha value is -1.61. The molecule has 0 bridgehead atoms. The van der Waals surface area contributed by atoms with Crippen molar-refractivity contribution in [2.24, 2.45) is 5.84 Å². The molecule has 0 aliphatic carbocycles. The van der Waals surface area contributed by atoms with E-state index >= 15 is 0 Å². The van der Waals surface area contributed by atoms with E-state index < -0.39 is 11.9 Å². The third-order valence-corrected chi connectivity index (χ3v) is 2.98. The van der Waals surface area contributed by atoms with Crippen molar-refractivity contribution in [3.05, 3.63) is 11.8 Å². The fourth-order valence-corrected chi connectivity index (χ4v) is 2.07. The van der Waals surface area contributed by atoms with Gasteiger partial charge in [0, 0.05) is 18.7 Å². The Balaban J connectivity index is 2.18. The summed E-state index contributed by atoms with van der Waals surface area (Å²) in [7, 11) is 0. The Labute approximate surface area is 113 Å². The first-order valence-electron chi connectivity index (χ1n) is 6.19. The van der Waals surface area contributed by atoms with Crippen LogP contribution in [0.1, 0.15) is 25.5 Å². The molecule has 0 saturated carbocycles. The van der Waals surface area contributed by atoms with Gasteiger partial charge in [0.05, 0.1) is 6.10 Å². The van der Waals surface area contributed by atoms with Gasteiger partial charge in [-0.2, -0.15) is 18.2 Å². The molecule has 0 aromatic carbocycles. The molecule has 2 unspecified atom stereocenters. The summed E-state index contributed by atoms with van der Waals surface area (Å²) in [4.78, 5) is 7.18. The number of hydrazine groups is 1. The number of hydrogen-bond acceptors (Lipinski definition) is 6. The SMILES string of the molecule is CC1CC(Nc2cc(C(F)(F)F)nc(NN)n2)CCO1. The lowest BCUT2D eigenvalue weighted by atomic mass is 10.0. The quantitative estimate of drug-likeness (QED) is 0.581. The molecule has 2 atom stereocenters. The predicted molar refractivity (Wildman–Crippen MR) is 66.9 cm³/mol. The standard InChI is InChI=1S/C11H16F3N5O/c1-6-4-7(2-3-20-6)16-9-5-8(11(12,13)14)17-10(18-9)19-15/h5-7H,2-4,15H2,1H3,(H2,16,17,18,19). The highest BCUT2D eigenvalue weighted by molar-refractivity contribution is 5.43. The molecule has 1 aliphatic heterocycles. The maximum absolute atomic E-state index is 12.7. The molecule has 1 saturated heterocycles. The second-order valence-electron chi connectivity index (χ2n) is 4.65. The average molecular weight is 291 g/mol. The van der Waals surface area contributed by atoms with Crippen molar-refractivity contribution in [3.63, 3.8) is 0 Å². The van der Waals surface area contributed by atoms with Gasteiger partial charge in [-0.1, -0.05) is 0 Å². The summed E-state index contributed by atoms with van der Waals surface area (Å²) < 4.78 is 43.5. The summed E-state index contributed by atoms with van der Waals surface area (Å²) in [5.41, 5.74) is 1.00. The van der Waals surface area contributed by atoms with E-state index in [2.05, 4.69) is 15.3 Å². The summed E-state index contributed by atoms with van der Waals surface area (Å²) in [5, 5.41) is 2.97. The molecule has 1 aliphatic rings. The van der Waals surface area contributed by atoms with Gasteiger partial charge in [-0.3, -0.25) is 5.43 Å². The fraction of sp³-hybridized carbons (Fsp3) is 0.636. The van der Waals surface area contributed by atoms with Crippen LogP contribution in [0.4, 0.5) is 24.9 Å². The van der Waals surface area contributed by atoms with Crippen LogP contribution in [-0.4, -0.2) is 28.7 Å². The van der Waals surface area contributed by atoms with Crippen LogP contribution in [0.5, 0.6) is 0 Å². The Bertz CT molecular complexity index is 468. The van der Waals surface area contributed by atoms with Crippen molar-refractivity contribution in [2.75, 3.05) is 17.3 Å². The molecule has 0 amide bonds. The Morgan fingerprint density at radius 3 is 2.75 bits per heavy atom. The largest absolute Gasteiger partial charge is 0.433 e. The van der Waals surface area contributed by atoms with E-state index in [1.165, 1.54) is 0 Å². The normalized spacial score (nSPS) is 23.4. The molecule has 1 aromatic rings. The molecular weight excluding hydrogens is 275 g/mol. The summed E-state index contributed by atoms with van der Waals surface area (Å²) in [6.45, 7) is 2.49. The van der Waals surface area contributed by atoms with Crippen LogP contribution in [0.2, 0.25) is 0 Å². The van der Waals surface area contributed by atoms with E-state index in [0.29, 0.717) is 19.4 Å². The van der Waals surface area contributed by atoms with Gasteiger partial charge in [0.15, 0.2) is 5.69 Å².